The quantitative estimate of drug-likeness (QED) is 0.632. The molecule has 1 unspecified atom stereocenters. The number of hydrogen-bond acceptors (Lipinski definition) is 1. The van der Waals surface area contributed by atoms with E-state index in [1.165, 1.54) is 0 Å². The van der Waals surface area contributed by atoms with Gasteiger partial charge in [0.2, 0.25) is 0 Å². The first-order valence-corrected chi connectivity index (χ1v) is 4.56. The lowest BCUT2D eigenvalue weighted by molar-refractivity contribution is -0.225. The van der Waals surface area contributed by atoms with Gasteiger partial charge in [-0.1, -0.05) is 26.7 Å². The molecule has 0 aromatic rings. The van der Waals surface area contributed by atoms with Gasteiger partial charge in [-0.05, 0) is 18.3 Å². The fourth-order valence-electron chi connectivity index (χ4n) is 2.06. The predicted octanol–water partition coefficient (Wildman–Crippen LogP) is 2.85. The lowest BCUT2D eigenvalue weighted by Gasteiger charge is -2.48. The third-order valence-electron chi connectivity index (χ3n) is 3.34. The molecule has 78 valence electrons. The topological polar surface area (TPSA) is 26.0 Å². The maximum absolute atomic E-state index is 12.7. The molecule has 4 heteroatoms. The molecule has 1 fully saturated rings. The smallest absolute Gasteiger partial charge is 0.317 e. The van der Waals surface area contributed by atoms with Crippen LogP contribution in [0.5, 0.6) is 0 Å². The molecule has 1 rings (SSSR count). The Labute approximate surface area is 76.5 Å². The monoisotopic (exact) mass is 195 g/mol. The minimum absolute atomic E-state index is 0.0590. The minimum atomic E-state index is -4.28. The number of rotatable bonds is 0. The van der Waals surface area contributed by atoms with E-state index in [9.17, 15) is 13.2 Å². The zero-order chi connectivity index (χ0) is 10.3. The summed E-state index contributed by atoms with van der Waals surface area (Å²) in [5, 5.41) is 0. The molecule has 1 aliphatic carbocycles. The number of alkyl halides is 3. The second-order valence-corrected chi connectivity index (χ2v) is 4.56. The van der Waals surface area contributed by atoms with Crippen LogP contribution in [0.4, 0.5) is 13.2 Å². The fraction of sp³-hybridized carbons (Fsp3) is 1.00. The van der Waals surface area contributed by atoms with Crippen LogP contribution in [0.15, 0.2) is 0 Å². The third-order valence-corrected chi connectivity index (χ3v) is 3.34. The molecule has 1 nitrogen and oxygen atoms in total. The molecule has 2 N–H and O–H groups in total. The van der Waals surface area contributed by atoms with Gasteiger partial charge >= 0.3 is 6.18 Å². The van der Waals surface area contributed by atoms with Crippen LogP contribution in [0.2, 0.25) is 0 Å². The van der Waals surface area contributed by atoms with E-state index in [4.69, 9.17) is 5.73 Å². The van der Waals surface area contributed by atoms with Crippen LogP contribution in [0.25, 0.3) is 0 Å². The van der Waals surface area contributed by atoms with Crippen molar-refractivity contribution in [3.8, 4) is 0 Å². The number of nitrogens with two attached hydrogens (primary N) is 1. The Morgan fingerprint density at radius 1 is 1.08 bits per heavy atom. The van der Waals surface area contributed by atoms with Crippen LogP contribution in [0.1, 0.15) is 39.5 Å². The van der Waals surface area contributed by atoms with Crippen molar-refractivity contribution in [1.29, 1.82) is 0 Å². The van der Waals surface area contributed by atoms with Crippen molar-refractivity contribution in [3.05, 3.63) is 0 Å². The van der Waals surface area contributed by atoms with E-state index in [-0.39, 0.29) is 6.42 Å². The summed E-state index contributed by atoms with van der Waals surface area (Å²) in [5.74, 6) is 0. The van der Waals surface area contributed by atoms with Crippen molar-refractivity contribution in [2.24, 2.45) is 11.1 Å². The highest BCUT2D eigenvalue weighted by molar-refractivity contribution is 5.05. The summed E-state index contributed by atoms with van der Waals surface area (Å²) in [6.45, 7) is 3.22. The van der Waals surface area contributed by atoms with Crippen molar-refractivity contribution < 1.29 is 13.2 Å². The van der Waals surface area contributed by atoms with Crippen LogP contribution in [0, 0.1) is 5.41 Å². The Bertz CT molecular complexity index is 198. The molecule has 0 amide bonds. The maximum Gasteiger partial charge on any atom is 0.406 e. The first-order chi connectivity index (χ1) is 5.71. The van der Waals surface area contributed by atoms with Crippen molar-refractivity contribution >= 4 is 0 Å². The van der Waals surface area contributed by atoms with Crippen LogP contribution in [0.3, 0.4) is 0 Å². The molecule has 0 aromatic heterocycles. The van der Waals surface area contributed by atoms with Crippen LogP contribution in [-0.2, 0) is 0 Å². The van der Waals surface area contributed by atoms with Crippen molar-refractivity contribution in [2.45, 2.75) is 51.2 Å². The Balaban J connectivity index is 2.98. The summed E-state index contributed by atoms with van der Waals surface area (Å²) in [6.07, 6.45) is -2.23. The van der Waals surface area contributed by atoms with Gasteiger partial charge in [0.1, 0.15) is 5.54 Å². The fourth-order valence-corrected chi connectivity index (χ4v) is 2.06. The molecule has 0 radical (unpaired) electrons. The Kier molecular flexibility index (Phi) is 2.39. The van der Waals surface area contributed by atoms with Crippen molar-refractivity contribution in [2.75, 3.05) is 0 Å². The highest BCUT2D eigenvalue weighted by Gasteiger charge is 2.60. The molecule has 0 saturated heterocycles. The molecular weight excluding hydrogens is 179 g/mol. The number of halogens is 3. The van der Waals surface area contributed by atoms with Gasteiger partial charge in [0.15, 0.2) is 0 Å². The molecule has 0 spiro atoms. The van der Waals surface area contributed by atoms with E-state index >= 15 is 0 Å². The molecule has 1 atom stereocenters. The zero-order valence-electron chi connectivity index (χ0n) is 8.04. The average molecular weight is 195 g/mol. The van der Waals surface area contributed by atoms with Gasteiger partial charge in [0, 0.05) is 0 Å². The molecule has 1 saturated carbocycles. The van der Waals surface area contributed by atoms with Gasteiger partial charge in [0.05, 0.1) is 0 Å². The van der Waals surface area contributed by atoms with Crippen LogP contribution >= 0.6 is 0 Å². The molecule has 0 heterocycles. The maximum atomic E-state index is 12.7. The van der Waals surface area contributed by atoms with Gasteiger partial charge in [-0.3, -0.25) is 0 Å². The molecule has 0 aliphatic heterocycles. The third kappa shape index (κ3) is 1.56. The van der Waals surface area contributed by atoms with E-state index in [0.29, 0.717) is 12.8 Å². The van der Waals surface area contributed by atoms with E-state index < -0.39 is 17.1 Å². The highest BCUT2D eigenvalue weighted by atomic mass is 19.4. The van der Waals surface area contributed by atoms with E-state index in [2.05, 4.69) is 0 Å². The summed E-state index contributed by atoms with van der Waals surface area (Å²) in [5.41, 5.74) is 2.67. The largest absolute Gasteiger partial charge is 0.406 e. The normalized spacial score (nSPS) is 34.6. The molecule has 0 aromatic carbocycles. The molecule has 13 heavy (non-hydrogen) atoms. The van der Waals surface area contributed by atoms with Crippen molar-refractivity contribution in [3.63, 3.8) is 0 Å². The second kappa shape index (κ2) is 2.87. The van der Waals surface area contributed by atoms with Crippen LogP contribution < -0.4 is 5.73 Å². The lowest BCUT2D eigenvalue weighted by atomic mass is 9.63. The van der Waals surface area contributed by atoms with E-state index in [1.807, 2.05) is 0 Å². The summed E-state index contributed by atoms with van der Waals surface area (Å²) in [4.78, 5) is 0. The molecular formula is C9H16F3N. The standard InChI is InChI=1S/C9H16F3N/c1-7(2)5-3-4-6-8(7,13)9(10,11)12/h3-6,13H2,1-2H3. The number of hydrogen-bond donors (Lipinski definition) is 1. The summed E-state index contributed by atoms with van der Waals surface area (Å²) in [6, 6.07) is 0. The highest BCUT2D eigenvalue weighted by Crippen LogP contribution is 2.50. The Hall–Kier alpha value is -0.250. The van der Waals surface area contributed by atoms with Gasteiger partial charge in [-0.25, -0.2) is 0 Å². The van der Waals surface area contributed by atoms with Gasteiger partial charge in [-0.15, -0.1) is 0 Å². The van der Waals surface area contributed by atoms with Gasteiger partial charge in [0.25, 0.3) is 0 Å². The first-order valence-electron chi connectivity index (χ1n) is 4.56. The van der Waals surface area contributed by atoms with Gasteiger partial charge in [-0.2, -0.15) is 13.2 Å². The van der Waals surface area contributed by atoms with Crippen LogP contribution in [-0.4, -0.2) is 11.7 Å². The Morgan fingerprint density at radius 2 is 1.54 bits per heavy atom. The summed E-state index contributed by atoms with van der Waals surface area (Å²) < 4.78 is 38.1. The zero-order valence-corrected chi connectivity index (χ0v) is 8.04. The first kappa shape index (κ1) is 10.8. The predicted molar refractivity (Wildman–Crippen MR) is 45.2 cm³/mol. The molecule has 0 bridgehead atoms. The second-order valence-electron chi connectivity index (χ2n) is 4.56. The van der Waals surface area contributed by atoms with E-state index in [1.54, 1.807) is 13.8 Å². The minimum Gasteiger partial charge on any atom is -0.317 e. The van der Waals surface area contributed by atoms with E-state index in [0.717, 1.165) is 6.42 Å². The Morgan fingerprint density at radius 3 is 1.85 bits per heavy atom. The van der Waals surface area contributed by atoms with Gasteiger partial charge < -0.3 is 5.73 Å². The SMILES string of the molecule is CC1(C)CCCCC1(N)C(F)(F)F. The average Bonchev–Trinajstić information content (AvgIpc) is 1.93. The molecule has 1 aliphatic rings. The summed E-state index contributed by atoms with van der Waals surface area (Å²) in [7, 11) is 0. The van der Waals surface area contributed by atoms with Crippen molar-refractivity contribution in [1.82, 2.24) is 0 Å². The lowest BCUT2D eigenvalue weighted by Crippen LogP contribution is -2.64. The summed E-state index contributed by atoms with van der Waals surface area (Å²) >= 11 is 0.